The third kappa shape index (κ3) is 6.29. The van der Waals surface area contributed by atoms with Crippen molar-refractivity contribution in [2.45, 2.75) is 43.6 Å². The second-order valence-electron chi connectivity index (χ2n) is 11.2. The fraction of sp³-hybridized carbons (Fsp3) is 0.257. The number of hydrogen-bond donors (Lipinski definition) is 3. The van der Waals surface area contributed by atoms with Crippen LogP contribution in [-0.2, 0) is 16.1 Å². The number of benzene rings is 4. The average molecular weight is 609 g/mol. The number of fused-ring (bicyclic) bond motifs is 4. The molecule has 230 valence electrons. The zero-order valence-corrected chi connectivity index (χ0v) is 24.3. The van der Waals surface area contributed by atoms with Crippen molar-refractivity contribution in [2.24, 2.45) is 0 Å². The Bertz CT molecular complexity index is 1690. The Morgan fingerprint density at radius 1 is 0.867 bits per heavy atom. The highest BCUT2D eigenvalue weighted by molar-refractivity contribution is 6.04. The molecule has 3 aliphatic heterocycles. The van der Waals surface area contributed by atoms with Crippen LogP contribution < -0.4 is 29.6 Å². The van der Waals surface area contributed by atoms with Crippen molar-refractivity contribution in [1.82, 2.24) is 5.32 Å². The van der Waals surface area contributed by atoms with E-state index in [2.05, 4.69) is 10.6 Å². The number of para-hydroxylation sites is 1. The van der Waals surface area contributed by atoms with E-state index >= 15 is 0 Å². The summed E-state index contributed by atoms with van der Waals surface area (Å²) in [6, 6.07) is 27.6. The molecule has 10 heteroatoms. The van der Waals surface area contributed by atoms with E-state index in [1.54, 1.807) is 24.3 Å². The van der Waals surface area contributed by atoms with Crippen LogP contribution in [0.3, 0.4) is 0 Å². The van der Waals surface area contributed by atoms with E-state index in [9.17, 15) is 14.7 Å². The summed E-state index contributed by atoms with van der Waals surface area (Å²) in [5.41, 5.74) is 2.91. The third-order valence-corrected chi connectivity index (χ3v) is 8.20. The first kappa shape index (κ1) is 28.7. The molecule has 10 nitrogen and oxygen atoms in total. The van der Waals surface area contributed by atoms with E-state index in [1.807, 2.05) is 66.7 Å². The molecule has 2 amide bonds. The Labute approximate surface area is 259 Å². The van der Waals surface area contributed by atoms with E-state index in [0.717, 1.165) is 16.9 Å². The Morgan fingerprint density at radius 2 is 1.64 bits per heavy atom. The molecule has 7 rings (SSSR count). The second-order valence-corrected chi connectivity index (χ2v) is 11.2. The summed E-state index contributed by atoms with van der Waals surface area (Å²) in [6.45, 7) is 0.261. The van der Waals surface area contributed by atoms with Crippen molar-refractivity contribution in [3.8, 4) is 28.7 Å². The maximum Gasteiger partial charge on any atom is 0.255 e. The van der Waals surface area contributed by atoms with Gasteiger partial charge in [-0.15, -0.1) is 0 Å². The number of amides is 2. The fourth-order valence-electron chi connectivity index (χ4n) is 5.99. The molecule has 1 saturated heterocycles. The van der Waals surface area contributed by atoms with E-state index < -0.39 is 12.2 Å². The highest BCUT2D eigenvalue weighted by Crippen LogP contribution is 2.47. The van der Waals surface area contributed by atoms with Gasteiger partial charge in [0.1, 0.15) is 29.5 Å². The van der Waals surface area contributed by atoms with Gasteiger partial charge in [-0.2, -0.15) is 0 Å². The highest BCUT2D eigenvalue weighted by Gasteiger charge is 2.46. The molecule has 0 saturated carbocycles. The summed E-state index contributed by atoms with van der Waals surface area (Å²) in [5.74, 6) is 2.75. The molecule has 3 heterocycles. The summed E-state index contributed by atoms with van der Waals surface area (Å²) in [5, 5.41) is 16.0. The van der Waals surface area contributed by atoms with Crippen LogP contribution in [0.5, 0.6) is 28.7 Å². The lowest BCUT2D eigenvalue weighted by Gasteiger charge is -2.37. The minimum absolute atomic E-state index is 0.108. The van der Waals surface area contributed by atoms with Crippen LogP contribution in [0.25, 0.3) is 0 Å². The lowest BCUT2D eigenvalue weighted by molar-refractivity contribution is -0.142. The Balaban J connectivity index is 0.965. The van der Waals surface area contributed by atoms with Gasteiger partial charge in [0.2, 0.25) is 12.7 Å². The molecule has 0 unspecified atom stereocenters. The minimum atomic E-state index is -0.585. The zero-order valence-electron chi connectivity index (χ0n) is 24.3. The largest absolute Gasteiger partial charge is 0.487 e. The number of carbonyl (C=O) groups excluding carboxylic acids is 2. The molecule has 0 bridgehead atoms. The monoisotopic (exact) mass is 608 g/mol. The van der Waals surface area contributed by atoms with Crippen molar-refractivity contribution in [1.29, 1.82) is 0 Å². The number of nitrogens with one attached hydrogen (secondary N) is 2. The summed E-state index contributed by atoms with van der Waals surface area (Å²) in [6.07, 6.45) is -0.706. The Kier molecular flexibility index (Phi) is 7.98. The molecule has 3 aliphatic rings. The maximum atomic E-state index is 13.0. The number of ether oxygens (including phenoxy) is 5. The molecule has 3 N–H and O–H groups in total. The molecular formula is C35H32N2O8. The number of aliphatic hydroxyl groups excluding tert-OH is 1. The topological polar surface area (TPSA) is 125 Å². The number of rotatable bonds is 9. The normalized spacial score (nSPS) is 20.8. The lowest BCUT2D eigenvalue weighted by atomic mass is 9.84. The minimum Gasteiger partial charge on any atom is -0.487 e. The molecule has 4 atom stereocenters. The standard InChI is InChI=1S/C35H32N2O8/c38-19-32-34-28(27-15-23(9-13-29(27)45-34)37-35(40)22-8-12-30-31(14-22)42-20-41-30)16-26(44-32)17-33(39)36-18-21-6-10-25(11-7-21)43-24-4-2-1-3-5-24/h1-15,26,28,32,34,38H,16-20H2,(H,36,39)(H,37,40)/t26-,28+,32-,34-/m0/s1. The molecule has 0 aliphatic carbocycles. The first-order chi connectivity index (χ1) is 22.0. The van der Waals surface area contributed by atoms with Gasteiger partial charge in [-0.25, -0.2) is 0 Å². The van der Waals surface area contributed by atoms with Crippen LogP contribution in [0, 0.1) is 0 Å². The van der Waals surface area contributed by atoms with Gasteiger partial charge in [-0.3, -0.25) is 9.59 Å². The van der Waals surface area contributed by atoms with Gasteiger partial charge < -0.3 is 39.4 Å². The molecule has 0 radical (unpaired) electrons. The molecule has 0 spiro atoms. The van der Waals surface area contributed by atoms with Crippen molar-refractivity contribution < 1.29 is 38.4 Å². The van der Waals surface area contributed by atoms with Gasteiger partial charge in [0.25, 0.3) is 5.91 Å². The number of hydrogen-bond acceptors (Lipinski definition) is 8. The van der Waals surface area contributed by atoms with Gasteiger partial charge in [0.05, 0.1) is 19.1 Å². The van der Waals surface area contributed by atoms with Gasteiger partial charge in [-0.1, -0.05) is 30.3 Å². The van der Waals surface area contributed by atoms with Crippen LogP contribution in [-0.4, -0.2) is 48.6 Å². The van der Waals surface area contributed by atoms with Gasteiger partial charge in [0, 0.05) is 29.3 Å². The summed E-state index contributed by atoms with van der Waals surface area (Å²) < 4.78 is 28.9. The van der Waals surface area contributed by atoms with Gasteiger partial charge in [0.15, 0.2) is 11.5 Å². The van der Waals surface area contributed by atoms with Gasteiger partial charge in [-0.05, 0) is 72.6 Å². The van der Waals surface area contributed by atoms with Crippen LogP contribution >= 0.6 is 0 Å². The smallest absolute Gasteiger partial charge is 0.255 e. The fourth-order valence-corrected chi connectivity index (χ4v) is 5.99. The number of carbonyl (C=O) groups is 2. The summed E-state index contributed by atoms with van der Waals surface area (Å²) >= 11 is 0. The lowest BCUT2D eigenvalue weighted by Crippen LogP contribution is -2.47. The first-order valence-electron chi connectivity index (χ1n) is 14.9. The van der Waals surface area contributed by atoms with Crippen LogP contribution in [0.2, 0.25) is 0 Å². The Morgan fingerprint density at radius 3 is 2.47 bits per heavy atom. The predicted molar refractivity (Wildman–Crippen MR) is 164 cm³/mol. The van der Waals surface area contributed by atoms with E-state index in [1.165, 1.54) is 0 Å². The first-order valence-corrected chi connectivity index (χ1v) is 14.9. The average Bonchev–Trinajstić information content (AvgIpc) is 3.69. The quantitative estimate of drug-likeness (QED) is 0.238. The zero-order chi connectivity index (χ0) is 30.8. The molecular weight excluding hydrogens is 576 g/mol. The number of anilines is 1. The van der Waals surface area contributed by atoms with Crippen LogP contribution in [0.15, 0.2) is 91.0 Å². The molecule has 45 heavy (non-hydrogen) atoms. The molecule has 1 fully saturated rings. The van der Waals surface area contributed by atoms with Crippen LogP contribution in [0.1, 0.15) is 40.2 Å². The van der Waals surface area contributed by atoms with Crippen molar-refractivity contribution in [3.63, 3.8) is 0 Å². The van der Waals surface area contributed by atoms with Crippen molar-refractivity contribution >= 4 is 17.5 Å². The predicted octanol–water partition coefficient (Wildman–Crippen LogP) is 5.16. The second kappa shape index (κ2) is 12.5. The van der Waals surface area contributed by atoms with E-state index in [0.29, 0.717) is 47.2 Å². The van der Waals surface area contributed by atoms with E-state index in [-0.39, 0.29) is 43.7 Å². The summed E-state index contributed by atoms with van der Waals surface area (Å²) in [4.78, 5) is 25.9. The highest BCUT2D eigenvalue weighted by atomic mass is 16.7. The van der Waals surface area contributed by atoms with Gasteiger partial charge >= 0.3 is 0 Å². The van der Waals surface area contributed by atoms with Crippen molar-refractivity contribution in [3.05, 3.63) is 108 Å². The SMILES string of the molecule is O=C(C[C@@H]1C[C@@H]2c3cc(NC(=O)c4ccc5c(c4)OCO5)ccc3O[C@@H]2[C@H](CO)O1)NCc1ccc(Oc2ccccc2)cc1. The molecule has 4 aromatic rings. The van der Waals surface area contributed by atoms with Crippen molar-refractivity contribution in [2.75, 3.05) is 18.7 Å². The van der Waals surface area contributed by atoms with E-state index in [4.69, 9.17) is 23.7 Å². The Hall–Kier alpha value is -5.06. The molecule has 4 aromatic carbocycles. The summed E-state index contributed by atoms with van der Waals surface area (Å²) in [7, 11) is 0. The molecule has 0 aromatic heterocycles. The van der Waals surface area contributed by atoms with Crippen LogP contribution in [0.4, 0.5) is 5.69 Å². The maximum absolute atomic E-state index is 13.0. The number of aliphatic hydroxyl groups is 1. The third-order valence-electron chi connectivity index (χ3n) is 8.20.